The molecule has 0 radical (unpaired) electrons. The number of hydrogen-bond donors (Lipinski definition) is 1. The molecule has 194 valence electrons. The highest BCUT2D eigenvalue weighted by molar-refractivity contribution is 9.13. The van der Waals surface area contributed by atoms with E-state index in [1.54, 1.807) is 6.07 Å². The number of ketones is 2. The van der Waals surface area contributed by atoms with Crippen LogP contribution in [0.25, 0.3) is 0 Å². The van der Waals surface area contributed by atoms with Crippen molar-refractivity contribution >= 4 is 71.2 Å². The summed E-state index contributed by atoms with van der Waals surface area (Å²) in [4.78, 5) is 55.2. The van der Waals surface area contributed by atoms with E-state index in [-0.39, 0.29) is 45.8 Å². The van der Waals surface area contributed by atoms with Crippen molar-refractivity contribution in [3.63, 3.8) is 0 Å². The third kappa shape index (κ3) is 3.85. The maximum atomic E-state index is 13.8. The average Bonchev–Trinajstić information content (AvgIpc) is 3.10. The van der Waals surface area contributed by atoms with E-state index in [4.69, 9.17) is 4.74 Å². The standard InChI is InChI=1S/C27H24Br3NO6/c1-27(2,3)31-25(35)11-6-5-10-12(19(11)26(31)36)7-14-20(16(32)9-15(28)23(14)33)18(10)13-8-17(37-4)24(34)22(30)21(13)29/h5,8-9,11-12,18-19,34H,6-7H2,1-4H3. The van der Waals surface area contributed by atoms with Crippen molar-refractivity contribution in [2.24, 2.45) is 17.8 Å². The van der Waals surface area contributed by atoms with Crippen LogP contribution < -0.4 is 4.74 Å². The molecule has 1 N–H and O–H groups in total. The number of methoxy groups -OCH3 is 1. The molecule has 4 aliphatic rings. The summed E-state index contributed by atoms with van der Waals surface area (Å²) in [6, 6.07) is 1.64. The SMILES string of the molecule is COc1cc(C2C3=CCC4C(=O)N(C(C)(C)C)C(=O)C4C3CC3=C2C(=O)C=C(Br)C3=O)c(Br)c(Br)c1O. The lowest BCUT2D eigenvalue weighted by molar-refractivity contribution is -0.145. The van der Waals surface area contributed by atoms with Crippen LogP contribution in [-0.2, 0) is 19.2 Å². The molecule has 3 aliphatic carbocycles. The Kier molecular flexibility index (Phi) is 6.47. The van der Waals surface area contributed by atoms with E-state index < -0.39 is 29.2 Å². The number of ether oxygens (including phenoxy) is 1. The summed E-state index contributed by atoms with van der Waals surface area (Å²) < 4.78 is 6.41. The van der Waals surface area contributed by atoms with Crippen LogP contribution in [-0.4, -0.2) is 46.0 Å². The van der Waals surface area contributed by atoms with Crippen LogP contribution in [0, 0.1) is 17.8 Å². The molecule has 10 heteroatoms. The first-order chi connectivity index (χ1) is 17.3. The average molecular weight is 698 g/mol. The maximum Gasteiger partial charge on any atom is 0.234 e. The van der Waals surface area contributed by atoms with Crippen molar-refractivity contribution in [2.45, 2.75) is 45.1 Å². The molecule has 2 amide bonds. The molecular formula is C27H24Br3NO6. The summed E-state index contributed by atoms with van der Waals surface area (Å²) in [7, 11) is 1.43. The van der Waals surface area contributed by atoms with E-state index in [1.165, 1.54) is 18.1 Å². The number of imide groups is 1. The molecule has 0 aromatic heterocycles. The van der Waals surface area contributed by atoms with Crippen LogP contribution in [0.1, 0.15) is 45.1 Å². The van der Waals surface area contributed by atoms with E-state index in [0.29, 0.717) is 32.1 Å². The lowest BCUT2D eigenvalue weighted by Gasteiger charge is -2.42. The largest absolute Gasteiger partial charge is 0.503 e. The molecule has 1 aromatic carbocycles. The van der Waals surface area contributed by atoms with Gasteiger partial charge in [-0.1, -0.05) is 11.6 Å². The summed E-state index contributed by atoms with van der Waals surface area (Å²) in [6.45, 7) is 5.50. The van der Waals surface area contributed by atoms with Gasteiger partial charge in [-0.15, -0.1) is 0 Å². The lowest BCUT2D eigenvalue weighted by atomic mass is 9.59. The molecule has 0 bridgehead atoms. The molecule has 1 aliphatic heterocycles. The van der Waals surface area contributed by atoms with Gasteiger partial charge in [-0.2, -0.15) is 0 Å². The molecule has 0 spiro atoms. The lowest BCUT2D eigenvalue weighted by Crippen LogP contribution is -2.46. The Bertz CT molecular complexity index is 1400. The zero-order valence-electron chi connectivity index (χ0n) is 20.5. The number of amides is 2. The second-order valence-corrected chi connectivity index (χ2v) is 13.2. The minimum absolute atomic E-state index is 0.108. The summed E-state index contributed by atoms with van der Waals surface area (Å²) in [5.74, 6) is -3.20. The molecule has 7 nitrogen and oxygen atoms in total. The summed E-state index contributed by atoms with van der Waals surface area (Å²) in [6.07, 6.45) is 3.80. The van der Waals surface area contributed by atoms with Crippen LogP contribution in [0.3, 0.4) is 0 Å². The van der Waals surface area contributed by atoms with Crippen LogP contribution in [0.4, 0.5) is 0 Å². The number of nitrogens with zero attached hydrogens (tertiary/aromatic N) is 1. The Hall–Kier alpha value is -2.04. The Morgan fingerprint density at radius 3 is 2.32 bits per heavy atom. The zero-order chi connectivity index (χ0) is 27.1. The monoisotopic (exact) mass is 695 g/mol. The second kappa shape index (κ2) is 9.02. The highest BCUT2D eigenvalue weighted by atomic mass is 79.9. The van der Waals surface area contributed by atoms with Gasteiger partial charge in [-0.25, -0.2) is 0 Å². The molecule has 1 fully saturated rings. The molecule has 1 heterocycles. The number of likely N-dealkylation sites (tertiary alicyclic amines) is 1. The van der Waals surface area contributed by atoms with Gasteiger partial charge in [0.1, 0.15) is 0 Å². The number of fused-ring (bicyclic) bond motifs is 3. The number of phenolic OH excluding ortho intramolecular Hbond substituents is 1. The van der Waals surface area contributed by atoms with Gasteiger partial charge in [-0.05, 0) is 99.0 Å². The fourth-order valence-corrected chi connectivity index (χ4v) is 7.60. The second-order valence-electron chi connectivity index (χ2n) is 10.7. The maximum absolute atomic E-state index is 13.8. The van der Waals surface area contributed by atoms with Crippen molar-refractivity contribution in [3.8, 4) is 11.5 Å². The Balaban J connectivity index is 1.75. The number of halogens is 3. The highest BCUT2D eigenvalue weighted by Crippen LogP contribution is 2.58. The first kappa shape index (κ1) is 26.6. The van der Waals surface area contributed by atoms with E-state index in [9.17, 15) is 24.3 Å². The zero-order valence-corrected chi connectivity index (χ0v) is 25.3. The number of hydrogen-bond acceptors (Lipinski definition) is 6. The van der Waals surface area contributed by atoms with Gasteiger partial charge in [0.15, 0.2) is 23.1 Å². The molecule has 1 aromatic rings. The summed E-state index contributed by atoms with van der Waals surface area (Å²) >= 11 is 10.2. The molecule has 4 unspecified atom stereocenters. The summed E-state index contributed by atoms with van der Waals surface area (Å²) in [5, 5.41) is 10.5. The number of benzene rings is 1. The number of phenols is 1. The van der Waals surface area contributed by atoms with Crippen molar-refractivity contribution < 1.29 is 29.0 Å². The van der Waals surface area contributed by atoms with Gasteiger partial charge in [0, 0.05) is 33.2 Å². The van der Waals surface area contributed by atoms with Crippen molar-refractivity contribution in [3.05, 3.63) is 53.9 Å². The topological polar surface area (TPSA) is 101 Å². The van der Waals surface area contributed by atoms with Crippen LogP contribution in [0.5, 0.6) is 11.5 Å². The van der Waals surface area contributed by atoms with Crippen molar-refractivity contribution in [1.82, 2.24) is 4.90 Å². The van der Waals surface area contributed by atoms with Crippen LogP contribution in [0.2, 0.25) is 0 Å². The van der Waals surface area contributed by atoms with Crippen LogP contribution in [0.15, 0.2) is 48.4 Å². The number of carbonyl (C=O) groups excluding carboxylic acids is 4. The molecule has 1 saturated heterocycles. The third-order valence-corrected chi connectivity index (χ3v) is 10.5. The fourth-order valence-electron chi connectivity index (χ4n) is 6.20. The fraction of sp³-hybridized carbons (Fsp3) is 0.407. The van der Waals surface area contributed by atoms with E-state index in [2.05, 4.69) is 47.8 Å². The normalized spacial score (nSPS) is 27.6. The van der Waals surface area contributed by atoms with E-state index in [1.807, 2.05) is 26.8 Å². The first-order valence-electron chi connectivity index (χ1n) is 11.8. The van der Waals surface area contributed by atoms with Gasteiger partial charge in [0.05, 0.1) is 27.9 Å². The quantitative estimate of drug-likeness (QED) is 0.250. The van der Waals surface area contributed by atoms with Crippen molar-refractivity contribution in [2.75, 3.05) is 7.11 Å². The number of carbonyl (C=O) groups is 4. The van der Waals surface area contributed by atoms with Gasteiger partial charge < -0.3 is 9.84 Å². The minimum atomic E-state index is -0.676. The number of allylic oxidation sites excluding steroid dienone is 6. The Morgan fingerprint density at radius 2 is 1.70 bits per heavy atom. The molecule has 5 rings (SSSR count). The van der Waals surface area contributed by atoms with E-state index >= 15 is 0 Å². The Labute approximate surface area is 239 Å². The van der Waals surface area contributed by atoms with Gasteiger partial charge >= 0.3 is 0 Å². The van der Waals surface area contributed by atoms with E-state index in [0.717, 1.165) is 5.57 Å². The predicted molar refractivity (Wildman–Crippen MR) is 146 cm³/mol. The smallest absolute Gasteiger partial charge is 0.234 e. The minimum Gasteiger partial charge on any atom is -0.503 e. The first-order valence-corrected chi connectivity index (χ1v) is 14.2. The Morgan fingerprint density at radius 1 is 1.03 bits per heavy atom. The van der Waals surface area contributed by atoms with Gasteiger partial charge in [-0.3, -0.25) is 24.1 Å². The molecule has 37 heavy (non-hydrogen) atoms. The molecular weight excluding hydrogens is 674 g/mol. The molecule has 0 saturated carbocycles. The predicted octanol–water partition coefficient (Wildman–Crippen LogP) is 5.49. The number of rotatable bonds is 2. The van der Waals surface area contributed by atoms with Gasteiger partial charge in [0.2, 0.25) is 11.8 Å². The molecule has 4 atom stereocenters. The highest BCUT2D eigenvalue weighted by Gasteiger charge is 2.58. The number of Topliss-reactive ketones (excluding diaryl/α,β-unsaturated/α-hetero) is 1. The third-order valence-electron chi connectivity index (χ3n) is 7.71. The van der Waals surface area contributed by atoms with Crippen LogP contribution >= 0.6 is 47.8 Å². The summed E-state index contributed by atoms with van der Waals surface area (Å²) in [5.41, 5.74) is 1.45. The number of aromatic hydroxyl groups is 1. The van der Waals surface area contributed by atoms with Gasteiger partial charge in [0.25, 0.3) is 0 Å². The van der Waals surface area contributed by atoms with Crippen molar-refractivity contribution in [1.29, 1.82) is 0 Å².